The van der Waals surface area contributed by atoms with Crippen LogP contribution in [0.5, 0.6) is 0 Å². The summed E-state index contributed by atoms with van der Waals surface area (Å²) in [6, 6.07) is 4.21. The van der Waals surface area contributed by atoms with Crippen LogP contribution in [0.25, 0.3) is 0 Å². The number of rotatable bonds is 10. The normalized spacial score (nSPS) is 17.3. The summed E-state index contributed by atoms with van der Waals surface area (Å²) in [5.41, 5.74) is 1.45. The molecular weight excluding hydrogens is 669 g/mol. The van der Waals surface area contributed by atoms with E-state index in [0.717, 1.165) is 16.9 Å². The third-order valence-electron chi connectivity index (χ3n) is 8.02. The molecule has 1 saturated carbocycles. The molecule has 1 fully saturated rings. The lowest BCUT2D eigenvalue weighted by Crippen LogP contribution is -2.35. The van der Waals surface area contributed by atoms with E-state index in [4.69, 9.17) is 5.73 Å². The van der Waals surface area contributed by atoms with E-state index in [-0.39, 0.29) is 47.7 Å². The molecule has 1 aliphatic carbocycles. The smallest absolute Gasteiger partial charge is 0.371 e. The van der Waals surface area contributed by atoms with Gasteiger partial charge in [0.05, 0.1) is 23.7 Å². The van der Waals surface area contributed by atoms with Gasteiger partial charge in [-0.15, -0.1) is 17.5 Å². The van der Waals surface area contributed by atoms with Gasteiger partial charge in [-0.3, -0.25) is 4.79 Å². The second kappa shape index (κ2) is 14.6. The van der Waals surface area contributed by atoms with Crippen LogP contribution in [0.3, 0.4) is 0 Å². The summed E-state index contributed by atoms with van der Waals surface area (Å²) in [5, 5.41) is 11.6. The molecule has 4 rings (SSSR count). The third-order valence-corrected chi connectivity index (χ3v) is 8.02. The van der Waals surface area contributed by atoms with Crippen molar-refractivity contribution in [3.63, 3.8) is 0 Å². The van der Waals surface area contributed by atoms with Crippen LogP contribution in [0, 0.1) is 11.8 Å². The molecule has 0 spiro atoms. The Labute approximate surface area is 270 Å². The number of tetrazole rings is 1. The van der Waals surface area contributed by atoms with Crippen LogP contribution in [0.2, 0.25) is 0 Å². The number of amides is 1. The number of anilines is 2. The molecule has 0 atom stereocenters. The maximum absolute atomic E-state index is 13.9. The lowest BCUT2D eigenvalue weighted by Gasteiger charge is -2.34. The number of hydrogen-bond acceptors (Lipinski definition) is 6. The molecule has 2 aromatic carbocycles. The first kappa shape index (κ1) is 37.7. The molecule has 1 amide bonds. The summed E-state index contributed by atoms with van der Waals surface area (Å²) in [4.78, 5) is 15.6. The van der Waals surface area contributed by atoms with E-state index >= 15 is 0 Å². The molecule has 47 heavy (non-hydrogen) atoms. The van der Waals surface area contributed by atoms with Crippen molar-refractivity contribution < 1.29 is 44.3 Å². The van der Waals surface area contributed by atoms with Crippen molar-refractivity contribution >= 4 is 29.9 Å². The van der Waals surface area contributed by atoms with Crippen LogP contribution < -0.4 is 15.5 Å². The fourth-order valence-corrected chi connectivity index (χ4v) is 5.67. The zero-order chi connectivity index (χ0) is 34.0. The average molecular weight is 702 g/mol. The van der Waals surface area contributed by atoms with Gasteiger partial charge in [0.15, 0.2) is 0 Å². The molecule has 260 valence electrons. The summed E-state index contributed by atoms with van der Waals surface area (Å²) < 4.78 is 123. The van der Waals surface area contributed by atoms with Crippen LogP contribution >= 0.6 is 12.4 Å². The number of benzene rings is 2. The minimum atomic E-state index is -5.10. The Morgan fingerprint density at radius 1 is 0.851 bits per heavy atom. The monoisotopic (exact) mass is 701 g/mol. The number of hydrogen-bond donors (Lipinski definition) is 1. The highest BCUT2D eigenvalue weighted by Gasteiger charge is 2.37. The number of alkyl halides is 9. The summed E-state index contributed by atoms with van der Waals surface area (Å²) in [6.07, 6.45) is -12.4. The van der Waals surface area contributed by atoms with Crippen molar-refractivity contribution in [2.24, 2.45) is 24.6 Å². The van der Waals surface area contributed by atoms with Gasteiger partial charge in [-0.25, -0.2) is 0 Å². The van der Waals surface area contributed by atoms with Gasteiger partial charge in [-0.05, 0) is 91.3 Å². The molecular formula is C29H33ClF9N7O. The molecule has 0 aliphatic heterocycles. The van der Waals surface area contributed by atoms with Gasteiger partial charge in [0, 0.05) is 37.8 Å². The number of nitrogens with two attached hydrogens (primary N) is 1. The Balaban J connectivity index is 0.00000600. The standard InChI is InChI=1S/C29H32F9N7O.ClH/c1-3-44(14-17-4-6-19(7-5-17)25(39)46)24-9-8-21(27(30,31)32)12-20(24)16-45(26-40-42-43(2)41-26)15-18-10-22(28(33,34)35)13-23(11-18)29(36,37)38;/h8-13,17,19H,3-7,14-16H2,1-2H3,(H2,39,46);1H. The van der Waals surface area contributed by atoms with Crippen molar-refractivity contribution in [2.45, 2.75) is 64.2 Å². The molecule has 0 bridgehead atoms. The summed E-state index contributed by atoms with van der Waals surface area (Å²) in [5.74, 6) is -0.731. The molecule has 1 aliphatic rings. The topological polar surface area (TPSA) is 93.2 Å². The maximum atomic E-state index is 13.9. The zero-order valence-corrected chi connectivity index (χ0v) is 26.1. The molecule has 1 aromatic heterocycles. The number of carbonyl (C=O) groups is 1. The van der Waals surface area contributed by atoms with Gasteiger partial charge >= 0.3 is 18.5 Å². The molecule has 0 unspecified atom stereocenters. The predicted molar refractivity (Wildman–Crippen MR) is 156 cm³/mol. The van der Waals surface area contributed by atoms with Gasteiger partial charge in [0.1, 0.15) is 0 Å². The largest absolute Gasteiger partial charge is 0.416 e. The van der Waals surface area contributed by atoms with E-state index in [1.807, 2.05) is 4.90 Å². The lowest BCUT2D eigenvalue weighted by molar-refractivity contribution is -0.143. The Morgan fingerprint density at radius 2 is 1.43 bits per heavy atom. The highest BCUT2D eigenvalue weighted by Crippen LogP contribution is 2.38. The number of halogens is 10. The Kier molecular flexibility index (Phi) is 11.7. The highest BCUT2D eigenvalue weighted by molar-refractivity contribution is 5.85. The van der Waals surface area contributed by atoms with E-state index in [1.54, 1.807) is 6.92 Å². The quantitative estimate of drug-likeness (QED) is 0.229. The van der Waals surface area contributed by atoms with E-state index in [0.29, 0.717) is 56.6 Å². The van der Waals surface area contributed by atoms with E-state index in [1.165, 1.54) is 18.0 Å². The fourth-order valence-electron chi connectivity index (χ4n) is 5.67. The average Bonchev–Trinajstić information content (AvgIpc) is 3.40. The van der Waals surface area contributed by atoms with Crippen LogP contribution in [0.1, 0.15) is 60.4 Å². The van der Waals surface area contributed by atoms with Gasteiger partial charge in [-0.1, -0.05) is 5.10 Å². The van der Waals surface area contributed by atoms with Gasteiger partial charge < -0.3 is 15.5 Å². The summed E-state index contributed by atoms with van der Waals surface area (Å²) in [7, 11) is 1.38. The number of nitrogens with zero attached hydrogens (tertiary/aromatic N) is 6. The minimum Gasteiger partial charge on any atom is -0.371 e. The van der Waals surface area contributed by atoms with Crippen LogP contribution in [-0.2, 0) is 43.5 Å². The van der Waals surface area contributed by atoms with Crippen molar-refractivity contribution in [1.82, 2.24) is 20.2 Å². The molecule has 0 saturated heterocycles. The van der Waals surface area contributed by atoms with Crippen molar-refractivity contribution in [3.8, 4) is 0 Å². The zero-order valence-electron chi connectivity index (χ0n) is 25.3. The number of aromatic nitrogens is 4. The summed E-state index contributed by atoms with van der Waals surface area (Å²) in [6.45, 7) is 1.59. The number of carbonyl (C=O) groups excluding carboxylic acids is 1. The first-order valence-corrected chi connectivity index (χ1v) is 14.4. The molecule has 0 radical (unpaired) electrons. The number of primary amides is 1. The SMILES string of the molecule is CCN(CC1CCC(C(N)=O)CC1)c1ccc(C(F)(F)F)cc1CN(Cc1cc(C(F)(F)F)cc(C(F)(F)F)c1)c1nnn(C)n1.Cl. The molecule has 18 heteroatoms. The number of aryl methyl sites for hydroxylation is 1. The van der Waals surface area contributed by atoms with E-state index in [9.17, 15) is 44.3 Å². The third kappa shape index (κ3) is 9.64. The maximum Gasteiger partial charge on any atom is 0.416 e. The molecule has 1 heterocycles. The van der Waals surface area contributed by atoms with Crippen LogP contribution in [-0.4, -0.2) is 39.2 Å². The highest BCUT2D eigenvalue weighted by atomic mass is 35.5. The van der Waals surface area contributed by atoms with E-state index in [2.05, 4.69) is 15.4 Å². The van der Waals surface area contributed by atoms with Gasteiger partial charge in [0.2, 0.25) is 5.91 Å². The predicted octanol–water partition coefficient (Wildman–Crippen LogP) is 7.01. The lowest BCUT2D eigenvalue weighted by atomic mass is 9.81. The first-order valence-electron chi connectivity index (χ1n) is 14.4. The Hall–Kier alpha value is -3.76. The van der Waals surface area contributed by atoms with Crippen molar-refractivity contribution in [3.05, 3.63) is 64.2 Å². The Bertz CT molecular complexity index is 1480. The van der Waals surface area contributed by atoms with Crippen molar-refractivity contribution in [2.75, 3.05) is 22.9 Å². The molecule has 2 N–H and O–H groups in total. The van der Waals surface area contributed by atoms with Gasteiger partial charge in [0.25, 0.3) is 5.95 Å². The summed E-state index contributed by atoms with van der Waals surface area (Å²) >= 11 is 0. The van der Waals surface area contributed by atoms with Crippen molar-refractivity contribution in [1.29, 1.82) is 0 Å². The van der Waals surface area contributed by atoms with Gasteiger partial charge in [-0.2, -0.15) is 44.3 Å². The molecule has 3 aromatic rings. The van der Waals surface area contributed by atoms with Crippen LogP contribution in [0.15, 0.2) is 36.4 Å². The molecule has 8 nitrogen and oxygen atoms in total. The fraction of sp³-hybridized carbons (Fsp3) is 0.517. The van der Waals surface area contributed by atoms with E-state index < -0.39 is 53.9 Å². The van der Waals surface area contributed by atoms with Crippen LogP contribution in [0.4, 0.5) is 51.1 Å². The first-order chi connectivity index (χ1) is 21.3. The minimum absolute atomic E-state index is 0. The Morgan fingerprint density at radius 3 is 1.89 bits per heavy atom. The second-order valence-electron chi connectivity index (χ2n) is 11.3. The second-order valence-corrected chi connectivity index (χ2v) is 11.3.